The minimum atomic E-state index is 0.297. The van der Waals surface area contributed by atoms with Crippen LogP contribution in [0.2, 0.25) is 0 Å². The molecule has 4 nitrogen and oxygen atoms in total. The van der Waals surface area contributed by atoms with Gasteiger partial charge < -0.3 is 0 Å². The molecule has 1 heterocycles. The summed E-state index contributed by atoms with van der Waals surface area (Å²) in [5.41, 5.74) is 4.29. The Morgan fingerprint density at radius 3 is 2.94 bits per heavy atom. The average molecular weight is 234 g/mol. The highest BCUT2D eigenvalue weighted by atomic mass is 15.3. The topological polar surface area (TPSA) is 55.9 Å². The molecule has 2 bridgehead atoms. The first-order chi connectivity index (χ1) is 8.31. The molecule has 94 valence electrons. The third-order valence-electron chi connectivity index (χ3n) is 4.74. The molecule has 3 N–H and O–H groups in total. The highest BCUT2D eigenvalue weighted by Gasteiger charge is 2.43. The Balaban J connectivity index is 1.79. The third kappa shape index (κ3) is 1.89. The van der Waals surface area contributed by atoms with E-state index in [4.69, 9.17) is 5.84 Å². The second-order valence-electron chi connectivity index (χ2n) is 5.61. The maximum Gasteiger partial charge on any atom is 0.0538 e. The quantitative estimate of drug-likeness (QED) is 0.617. The fourth-order valence-electron chi connectivity index (χ4n) is 3.88. The summed E-state index contributed by atoms with van der Waals surface area (Å²) in [5, 5.41) is 4.36. The molecule has 2 fully saturated rings. The second-order valence-corrected chi connectivity index (χ2v) is 5.61. The van der Waals surface area contributed by atoms with E-state index in [0.29, 0.717) is 12.0 Å². The molecule has 17 heavy (non-hydrogen) atoms. The zero-order valence-electron chi connectivity index (χ0n) is 10.5. The van der Waals surface area contributed by atoms with Gasteiger partial charge in [-0.05, 0) is 43.9 Å². The van der Waals surface area contributed by atoms with Crippen molar-refractivity contribution >= 4 is 0 Å². The lowest BCUT2D eigenvalue weighted by atomic mass is 9.81. The Labute approximate surface area is 103 Å². The van der Waals surface area contributed by atoms with Gasteiger partial charge in [0.2, 0.25) is 0 Å². The van der Waals surface area contributed by atoms with Crippen LogP contribution in [-0.2, 0) is 6.54 Å². The van der Waals surface area contributed by atoms with E-state index in [1.165, 1.54) is 31.2 Å². The number of hydrogen-bond donors (Lipinski definition) is 2. The molecule has 4 unspecified atom stereocenters. The van der Waals surface area contributed by atoms with Gasteiger partial charge in [0.25, 0.3) is 0 Å². The van der Waals surface area contributed by atoms with Crippen LogP contribution in [0, 0.1) is 17.8 Å². The minimum Gasteiger partial charge on any atom is -0.273 e. The molecule has 0 spiro atoms. The maximum absolute atomic E-state index is 5.78. The molecule has 0 aliphatic heterocycles. The van der Waals surface area contributed by atoms with E-state index in [2.05, 4.69) is 23.6 Å². The van der Waals surface area contributed by atoms with E-state index in [-0.39, 0.29) is 0 Å². The van der Waals surface area contributed by atoms with Crippen LogP contribution in [0.5, 0.6) is 0 Å². The third-order valence-corrected chi connectivity index (χ3v) is 4.74. The molecule has 2 saturated carbocycles. The van der Waals surface area contributed by atoms with E-state index in [0.717, 1.165) is 18.4 Å². The second kappa shape index (κ2) is 4.42. The SMILES string of the molecule is CCn1cc(C(NN)C2CC3CCC2C3)cn1. The number of nitrogens with zero attached hydrogens (tertiary/aromatic N) is 2. The van der Waals surface area contributed by atoms with Crippen LogP contribution in [-0.4, -0.2) is 9.78 Å². The molecular weight excluding hydrogens is 212 g/mol. The normalized spacial score (nSPS) is 33.2. The van der Waals surface area contributed by atoms with Crippen LogP contribution < -0.4 is 11.3 Å². The van der Waals surface area contributed by atoms with Crippen LogP contribution in [0.4, 0.5) is 0 Å². The summed E-state index contributed by atoms with van der Waals surface area (Å²) >= 11 is 0. The lowest BCUT2D eigenvalue weighted by Gasteiger charge is -2.29. The number of fused-ring (bicyclic) bond motifs is 2. The smallest absolute Gasteiger partial charge is 0.0538 e. The molecule has 1 aromatic rings. The Morgan fingerprint density at radius 1 is 1.53 bits per heavy atom. The first-order valence-electron chi connectivity index (χ1n) is 6.80. The molecule has 3 rings (SSSR count). The molecule has 0 saturated heterocycles. The lowest BCUT2D eigenvalue weighted by molar-refractivity contribution is 0.252. The highest BCUT2D eigenvalue weighted by Crippen LogP contribution is 2.52. The summed E-state index contributed by atoms with van der Waals surface area (Å²) in [6, 6.07) is 0.297. The predicted octanol–water partition coefficient (Wildman–Crippen LogP) is 1.84. The van der Waals surface area contributed by atoms with E-state index in [9.17, 15) is 0 Å². The van der Waals surface area contributed by atoms with E-state index in [1.54, 1.807) is 0 Å². The van der Waals surface area contributed by atoms with Crippen LogP contribution in [0.3, 0.4) is 0 Å². The van der Waals surface area contributed by atoms with Crippen molar-refractivity contribution in [2.45, 2.75) is 45.2 Å². The maximum atomic E-state index is 5.78. The number of nitrogens with two attached hydrogens (primary N) is 1. The Bertz CT molecular complexity index is 387. The summed E-state index contributed by atoms with van der Waals surface area (Å²) in [6.07, 6.45) is 9.71. The summed E-state index contributed by atoms with van der Waals surface area (Å²) in [4.78, 5) is 0. The van der Waals surface area contributed by atoms with Gasteiger partial charge >= 0.3 is 0 Å². The van der Waals surface area contributed by atoms with E-state index in [1.807, 2.05) is 10.9 Å². The van der Waals surface area contributed by atoms with E-state index < -0.39 is 0 Å². The summed E-state index contributed by atoms with van der Waals surface area (Å²) in [6.45, 7) is 3.03. The van der Waals surface area contributed by atoms with Crippen molar-refractivity contribution in [3.05, 3.63) is 18.0 Å². The summed E-state index contributed by atoms with van der Waals surface area (Å²) in [7, 11) is 0. The Hall–Kier alpha value is -0.870. The Kier molecular flexibility index (Phi) is 2.92. The van der Waals surface area contributed by atoms with E-state index >= 15 is 0 Å². The minimum absolute atomic E-state index is 0.297. The Morgan fingerprint density at radius 2 is 2.41 bits per heavy atom. The molecule has 0 radical (unpaired) electrons. The van der Waals surface area contributed by atoms with Crippen molar-refractivity contribution in [1.82, 2.24) is 15.2 Å². The predicted molar refractivity (Wildman–Crippen MR) is 66.9 cm³/mol. The first-order valence-corrected chi connectivity index (χ1v) is 6.80. The average Bonchev–Trinajstić information content (AvgIpc) is 3.05. The van der Waals surface area contributed by atoms with Crippen molar-refractivity contribution < 1.29 is 0 Å². The lowest BCUT2D eigenvalue weighted by Crippen LogP contribution is -2.35. The van der Waals surface area contributed by atoms with Gasteiger partial charge in [-0.1, -0.05) is 6.42 Å². The largest absolute Gasteiger partial charge is 0.273 e. The van der Waals surface area contributed by atoms with Gasteiger partial charge in [0.15, 0.2) is 0 Å². The van der Waals surface area contributed by atoms with Crippen LogP contribution in [0.15, 0.2) is 12.4 Å². The van der Waals surface area contributed by atoms with Crippen molar-refractivity contribution in [2.24, 2.45) is 23.6 Å². The van der Waals surface area contributed by atoms with Crippen LogP contribution in [0.25, 0.3) is 0 Å². The number of hydrazine groups is 1. The van der Waals surface area contributed by atoms with Crippen molar-refractivity contribution in [2.75, 3.05) is 0 Å². The first kappa shape index (κ1) is 11.2. The fraction of sp³-hybridized carbons (Fsp3) is 0.769. The molecule has 4 atom stereocenters. The zero-order valence-corrected chi connectivity index (χ0v) is 10.5. The number of rotatable bonds is 4. The number of nitrogens with one attached hydrogen (secondary N) is 1. The molecule has 2 aliphatic carbocycles. The molecule has 0 amide bonds. The molecule has 4 heteroatoms. The molecule has 1 aromatic heterocycles. The zero-order chi connectivity index (χ0) is 11.8. The number of hydrogen-bond acceptors (Lipinski definition) is 3. The fourth-order valence-corrected chi connectivity index (χ4v) is 3.88. The van der Waals surface area contributed by atoms with Gasteiger partial charge in [-0.3, -0.25) is 16.0 Å². The van der Waals surface area contributed by atoms with Gasteiger partial charge in [-0.15, -0.1) is 0 Å². The standard InChI is InChI=1S/C13H22N4/c1-2-17-8-11(7-15-17)13(16-14)12-6-9-3-4-10(12)5-9/h7-10,12-13,16H,2-6,14H2,1H3. The van der Waals surface area contributed by atoms with Gasteiger partial charge in [0.1, 0.15) is 0 Å². The molecule has 2 aliphatic rings. The summed E-state index contributed by atoms with van der Waals surface area (Å²) in [5.74, 6) is 8.34. The van der Waals surface area contributed by atoms with Gasteiger partial charge in [-0.25, -0.2) is 0 Å². The monoisotopic (exact) mass is 234 g/mol. The molecular formula is C13H22N4. The van der Waals surface area contributed by atoms with Gasteiger partial charge in [0.05, 0.1) is 12.2 Å². The highest BCUT2D eigenvalue weighted by molar-refractivity contribution is 5.14. The molecule has 0 aromatic carbocycles. The van der Waals surface area contributed by atoms with Crippen LogP contribution >= 0.6 is 0 Å². The number of aromatic nitrogens is 2. The van der Waals surface area contributed by atoms with Crippen molar-refractivity contribution in [3.8, 4) is 0 Å². The van der Waals surface area contributed by atoms with Gasteiger partial charge in [-0.2, -0.15) is 5.10 Å². The summed E-state index contributed by atoms with van der Waals surface area (Å²) < 4.78 is 1.98. The number of aryl methyl sites for hydroxylation is 1. The van der Waals surface area contributed by atoms with Crippen molar-refractivity contribution in [3.63, 3.8) is 0 Å². The van der Waals surface area contributed by atoms with Gasteiger partial charge in [0, 0.05) is 18.3 Å². The van der Waals surface area contributed by atoms with Crippen LogP contribution in [0.1, 0.15) is 44.2 Å². The van der Waals surface area contributed by atoms with Crippen molar-refractivity contribution in [1.29, 1.82) is 0 Å².